The number of likely N-dealkylation sites (tertiary alicyclic amines) is 2. The second-order valence-electron chi connectivity index (χ2n) is 7.10. The molecule has 0 aromatic carbocycles. The molecule has 24 heavy (non-hydrogen) atoms. The molecule has 2 aliphatic rings. The normalized spacial score (nSPS) is 23.1. The molecule has 2 fully saturated rings. The second kappa shape index (κ2) is 11.6. The third-order valence-corrected chi connectivity index (χ3v) is 5.13. The highest BCUT2D eigenvalue weighted by Gasteiger charge is 2.28. The van der Waals surface area contributed by atoms with Gasteiger partial charge in [-0.2, -0.15) is 0 Å². The van der Waals surface area contributed by atoms with E-state index in [0.29, 0.717) is 6.04 Å². The molecule has 0 amide bonds. The van der Waals surface area contributed by atoms with Gasteiger partial charge in [0, 0.05) is 18.1 Å². The van der Waals surface area contributed by atoms with Gasteiger partial charge in [0.1, 0.15) is 0 Å². The summed E-state index contributed by atoms with van der Waals surface area (Å²) in [5.41, 5.74) is 0. The molecule has 0 saturated carbocycles. The molecule has 0 aliphatic carbocycles. The Balaban J connectivity index is 0.000000460. The maximum Gasteiger partial charge on any atom is 0.469 e. The van der Waals surface area contributed by atoms with Crippen molar-refractivity contribution in [2.45, 2.75) is 85.4 Å². The molecule has 0 bridgehead atoms. The summed E-state index contributed by atoms with van der Waals surface area (Å²) in [5.74, 6) is 0. The zero-order chi connectivity index (χ0) is 17.5. The summed E-state index contributed by atoms with van der Waals surface area (Å²) in [6.45, 7) is 12.5. The molecule has 2 N–H and O–H groups in total. The van der Waals surface area contributed by atoms with E-state index in [-0.39, 0.29) is 20.1 Å². The van der Waals surface area contributed by atoms with Crippen LogP contribution in [0.5, 0.6) is 0 Å². The highest BCUT2D eigenvalue weighted by atomic mass is 31.2. The first-order valence-electron chi connectivity index (χ1n) is 8.90. The van der Waals surface area contributed by atoms with Crippen LogP contribution in [0.3, 0.4) is 0 Å². The number of hydrogen-bond acceptors (Lipinski definition) is 4. The van der Waals surface area contributed by atoms with Gasteiger partial charge in [-0.3, -0.25) is 9.42 Å². The van der Waals surface area contributed by atoms with Crippen LogP contribution in [0.15, 0.2) is 0 Å². The molecule has 1 atom stereocenters. The van der Waals surface area contributed by atoms with E-state index in [1.165, 1.54) is 32.4 Å². The molecular formula is C17H39N2O4P. The molecule has 1 unspecified atom stereocenters. The lowest BCUT2D eigenvalue weighted by molar-refractivity contribution is 0.117. The van der Waals surface area contributed by atoms with E-state index in [4.69, 9.17) is 9.79 Å². The number of phosphoric acid groups is 1. The predicted molar refractivity (Wildman–Crippen MR) is 100 cm³/mol. The highest BCUT2D eigenvalue weighted by molar-refractivity contribution is 7.46. The van der Waals surface area contributed by atoms with Gasteiger partial charge >= 0.3 is 7.82 Å². The van der Waals surface area contributed by atoms with Crippen LogP contribution in [0, 0.1) is 0 Å². The van der Waals surface area contributed by atoms with E-state index in [0.717, 1.165) is 25.4 Å². The van der Waals surface area contributed by atoms with Crippen LogP contribution in [0.1, 0.15) is 67.2 Å². The second-order valence-corrected chi connectivity index (χ2v) is 8.34. The summed E-state index contributed by atoms with van der Waals surface area (Å²) in [5, 5.41) is 0. The average molecular weight is 366 g/mol. The van der Waals surface area contributed by atoms with Gasteiger partial charge < -0.3 is 14.7 Å². The van der Waals surface area contributed by atoms with Gasteiger partial charge in [0.25, 0.3) is 0 Å². The zero-order valence-electron chi connectivity index (χ0n) is 15.1. The van der Waals surface area contributed by atoms with Crippen LogP contribution in [-0.2, 0) is 9.09 Å². The Hall–Kier alpha value is 0.0300. The predicted octanol–water partition coefficient (Wildman–Crippen LogP) is 3.49. The molecule has 0 aromatic heterocycles. The lowest BCUT2D eigenvalue weighted by Gasteiger charge is -2.29. The van der Waals surface area contributed by atoms with Crippen molar-refractivity contribution in [2.24, 2.45) is 0 Å². The van der Waals surface area contributed by atoms with Crippen molar-refractivity contribution >= 4 is 7.82 Å². The third kappa shape index (κ3) is 9.50. The van der Waals surface area contributed by atoms with Crippen LogP contribution < -0.4 is 0 Å². The summed E-state index contributed by atoms with van der Waals surface area (Å²) in [7, 11) is -4.30. The minimum Gasteiger partial charge on any atom is -0.303 e. The fourth-order valence-corrected chi connectivity index (χ4v) is 3.70. The SMILES string of the molecule is C.CC(C)N1CCCC1COP(=O)(O)O.CC(C)N1CCCCC1. The van der Waals surface area contributed by atoms with Crippen LogP contribution in [0.25, 0.3) is 0 Å². The fraction of sp³-hybridized carbons (Fsp3) is 1.00. The maximum atomic E-state index is 10.5. The van der Waals surface area contributed by atoms with Crippen molar-refractivity contribution in [1.29, 1.82) is 0 Å². The van der Waals surface area contributed by atoms with Crippen molar-refractivity contribution < 1.29 is 18.9 Å². The molecule has 6 nitrogen and oxygen atoms in total. The first-order chi connectivity index (χ1) is 10.7. The van der Waals surface area contributed by atoms with Gasteiger partial charge in [-0.1, -0.05) is 13.8 Å². The first kappa shape index (κ1) is 24.0. The van der Waals surface area contributed by atoms with Gasteiger partial charge in [0.05, 0.1) is 6.61 Å². The van der Waals surface area contributed by atoms with Crippen LogP contribution in [0.4, 0.5) is 0 Å². The number of rotatable bonds is 5. The monoisotopic (exact) mass is 366 g/mol. The quantitative estimate of drug-likeness (QED) is 0.726. The smallest absolute Gasteiger partial charge is 0.303 e. The van der Waals surface area contributed by atoms with E-state index in [9.17, 15) is 4.57 Å². The molecule has 2 saturated heterocycles. The van der Waals surface area contributed by atoms with Crippen LogP contribution >= 0.6 is 7.82 Å². The van der Waals surface area contributed by atoms with Gasteiger partial charge in [-0.05, 0) is 73.0 Å². The minimum absolute atomic E-state index is 0. The summed E-state index contributed by atoms with van der Waals surface area (Å²) in [6.07, 6.45) is 6.31. The van der Waals surface area contributed by atoms with Gasteiger partial charge in [-0.15, -0.1) is 0 Å². The molecule has 0 spiro atoms. The Morgan fingerprint density at radius 3 is 2.00 bits per heavy atom. The van der Waals surface area contributed by atoms with E-state index in [2.05, 4.69) is 42.0 Å². The van der Waals surface area contributed by atoms with E-state index >= 15 is 0 Å². The molecule has 146 valence electrons. The number of nitrogens with zero attached hydrogens (tertiary/aromatic N) is 2. The van der Waals surface area contributed by atoms with E-state index in [1.807, 2.05) is 0 Å². The van der Waals surface area contributed by atoms with Crippen LogP contribution in [0.2, 0.25) is 0 Å². The first-order valence-corrected chi connectivity index (χ1v) is 10.4. The molecule has 2 heterocycles. The van der Waals surface area contributed by atoms with Gasteiger partial charge in [-0.25, -0.2) is 4.57 Å². The Bertz CT molecular complexity index is 368. The summed E-state index contributed by atoms with van der Waals surface area (Å²) in [6, 6.07) is 1.33. The Labute approximate surface area is 148 Å². The standard InChI is InChI=1S/C8H18NO4P.C8H17N.CH4/c1-7(2)9-5-3-4-8(9)6-13-14(10,11)12;1-8(2)9-6-4-3-5-7-9;/h7-8H,3-6H2,1-2H3,(H2,10,11,12);8H,3-7H2,1-2H3;1H4. The molecule has 2 aliphatic heterocycles. The lowest BCUT2D eigenvalue weighted by atomic mass is 10.1. The Kier molecular flexibility index (Phi) is 11.6. The zero-order valence-corrected chi connectivity index (χ0v) is 16.0. The topological polar surface area (TPSA) is 73.2 Å². The van der Waals surface area contributed by atoms with Crippen molar-refractivity contribution in [3.63, 3.8) is 0 Å². The summed E-state index contributed by atoms with van der Waals surface area (Å²) in [4.78, 5) is 21.9. The molecule has 2 rings (SSSR count). The van der Waals surface area contributed by atoms with Crippen molar-refractivity contribution in [1.82, 2.24) is 9.80 Å². The third-order valence-electron chi connectivity index (χ3n) is 4.64. The molecule has 0 radical (unpaired) electrons. The number of piperidine rings is 1. The van der Waals surface area contributed by atoms with E-state index in [1.54, 1.807) is 0 Å². The van der Waals surface area contributed by atoms with Gasteiger partial charge in [0.15, 0.2) is 0 Å². The largest absolute Gasteiger partial charge is 0.469 e. The number of phosphoric ester groups is 1. The van der Waals surface area contributed by atoms with Gasteiger partial charge in [0.2, 0.25) is 0 Å². The molecule has 7 heteroatoms. The van der Waals surface area contributed by atoms with Crippen molar-refractivity contribution in [2.75, 3.05) is 26.2 Å². The maximum absolute atomic E-state index is 10.5. The van der Waals surface area contributed by atoms with E-state index < -0.39 is 7.82 Å². The summed E-state index contributed by atoms with van der Waals surface area (Å²) >= 11 is 0. The highest BCUT2D eigenvalue weighted by Crippen LogP contribution is 2.37. The molecule has 0 aromatic rings. The fourth-order valence-electron chi connectivity index (χ4n) is 3.33. The van der Waals surface area contributed by atoms with Crippen LogP contribution in [-0.4, -0.2) is 64.0 Å². The Morgan fingerprint density at radius 1 is 1.00 bits per heavy atom. The summed E-state index contributed by atoms with van der Waals surface area (Å²) < 4.78 is 15.0. The van der Waals surface area contributed by atoms with Crippen molar-refractivity contribution in [3.05, 3.63) is 0 Å². The van der Waals surface area contributed by atoms with Crippen molar-refractivity contribution in [3.8, 4) is 0 Å². The lowest BCUT2D eigenvalue weighted by Crippen LogP contribution is -2.38. The number of hydrogen-bond donors (Lipinski definition) is 2. The Morgan fingerprint density at radius 2 is 1.58 bits per heavy atom. The molecular weight excluding hydrogens is 327 g/mol. The average Bonchev–Trinajstić information content (AvgIpc) is 2.95. The minimum atomic E-state index is -4.30.